The van der Waals surface area contributed by atoms with Crippen LogP contribution in [0.3, 0.4) is 0 Å². The summed E-state index contributed by atoms with van der Waals surface area (Å²) in [7, 11) is 3.04. The summed E-state index contributed by atoms with van der Waals surface area (Å²) < 4.78 is 10.7. The summed E-state index contributed by atoms with van der Waals surface area (Å²) in [5.74, 6) is -1.02. The second-order valence-corrected chi connectivity index (χ2v) is 10.2. The molecule has 1 amide bonds. The summed E-state index contributed by atoms with van der Waals surface area (Å²) in [5, 5.41) is 21.9. The van der Waals surface area contributed by atoms with Gasteiger partial charge in [-0.25, -0.2) is 0 Å². The van der Waals surface area contributed by atoms with Crippen LogP contribution in [0.5, 0.6) is 17.2 Å². The third kappa shape index (κ3) is 4.74. The van der Waals surface area contributed by atoms with Crippen molar-refractivity contribution in [1.29, 1.82) is 0 Å². The average Bonchev–Trinajstić information content (AvgIpc) is 3.13. The van der Waals surface area contributed by atoms with E-state index in [0.29, 0.717) is 28.3 Å². The number of methoxy groups -OCH3 is 2. The van der Waals surface area contributed by atoms with Gasteiger partial charge in [-0.15, -0.1) is 0 Å². The second-order valence-electron chi connectivity index (χ2n) is 9.75. The molecule has 192 valence electrons. The number of ether oxygens (including phenoxy) is 2. The Morgan fingerprint density at radius 3 is 2.22 bits per heavy atom. The fourth-order valence-corrected chi connectivity index (χ4v) is 4.76. The average molecular weight is 522 g/mol. The van der Waals surface area contributed by atoms with E-state index in [0.717, 1.165) is 5.56 Å². The number of nitrogens with zero attached hydrogens (tertiary/aromatic N) is 1. The first-order valence-electron chi connectivity index (χ1n) is 11.6. The topological polar surface area (TPSA) is 96.3 Å². The van der Waals surface area contributed by atoms with Crippen LogP contribution in [0.25, 0.3) is 5.76 Å². The fourth-order valence-electron chi connectivity index (χ4n) is 4.51. The van der Waals surface area contributed by atoms with Crippen LogP contribution >= 0.6 is 11.6 Å². The van der Waals surface area contributed by atoms with E-state index in [9.17, 15) is 19.8 Å². The van der Waals surface area contributed by atoms with Gasteiger partial charge in [0, 0.05) is 16.8 Å². The van der Waals surface area contributed by atoms with E-state index in [1.165, 1.54) is 30.2 Å². The van der Waals surface area contributed by atoms with Gasteiger partial charge in [0.1, 0.15) is 23.0 Å². The SMILES string of the molecule is COc1ccc(N2C(=O)C(=O)/C(=C(\O)c3ccc(OC)c(C(C)(C)C)c3)C2c2cccc(O)c2)cc1Cl. The van der Waals surface area contributed by atoms with E-state index >= 15 is 0 Å². The Balaban J connectivity index is 1.97. The van der Waals surface area contributed by atoms with Gasteiger partial charge in [0.25, 0.3) is 11.7 Å². The third-order valence-corrected chi connectivity index (χ3v) is 6.62. The molecule has 4 rings (SSSR count). The predicted molar refractivity (Wildman–Crippen MR) is 143 cm³/mol. The van der Waals surface area contributed by atoms with Gasteiger partial charge in [0.2, 0.25) is 0 Å². The molecule has 1 heterocycles. The molecule has 1 saturated heterocycles. The van der Waals surface area contributed by atoms with Crippen LogP contribution in [0.4, 0.5) is 5.69 Å². The molecule has 8 heteroatoms. The molecule has 0 radical (unpaired) electrons. The lowest BCUT2D eigenvalue weighted by molar-refractivity contribution is -0.132. The van der Waals surface area contributed by atoms with Crippen molar-refractivity contribution in [1.82, 2.24) is 0 Å². The smallest absolute Gasteiger partial charge is 0.300 e. The summed E-state index contributed by atoms with van der Waals surface area (Å²) in [5.41, 5.74) is 1.54. The number of ketones is 1. The van der Waals surface area contributed by atoms with Crippen molar-refractivity contribution in [3.8, 4) is 17.2 Å². The largest absolute Gasteiger partial charge is 0.508 e. The number of Topliss-reactive ketones (excluding diaryl/α,β-unsaturated/α-hetero) is 1. The molecule has 1 unspecified atom stereocenters. The maximum absolute atomic E-state index is 13.4. The van der Waals surface area contributed by atoms with Gasteiger partial charge in [-0.3, -0.25) is 14.5 Å². The number of aromatic hydroxyl groups is 1. The number of amides is 1. The number of aliphatic hydroxyl groups is 1. The highest BCUT2D eigenvalue weighted by Crippen LogP contribution is 2.44. The number of carbonyl (C=O) groups is 2. The molecule has 0 aliphatic carbocycles. The monoisotopic (exact) mass is 521 g/mol. The zero-order chi connectivity index (χ0) is 27.1. The quantitative estimate of drug-likeness (QED) is 0.243. The molecule has 0 saturated carbocycles. The van der Waals surface area contributed by atoms with Crippen LogP contribution in [-0.2, 0) is 15.0 Å². The number of benzene rings is 3. The van der Waals surface area contributed by atoms with Crippen molar-refractivity contribution in [2.45, 2.75) is 32.2 Å². The number of phenolic OH excluding ortho intramolecular Hbond substituents is 1. The van der Waals surface area contributed by atoms with Crippen LogP contribution in [0, 0.1) is 0 Å². The number of halogens is 1. The van der Waals surface area contributed by atoms with Gasteiger partial charge in [-0.05, 0) is 59.5 Å². The maximum atomic E-state index is 13.4. The van der Waals surface area contributed by atoms with Crippen molar-refractivity contribution < 1.29 is 29.3 Å². The Kier molecular flexibility index (Phi) is 6.93. The highest BCUT2D eigenvalue weighted by atomic mass is 35.5. The molecule has 3 aromatic carbocycles. The first-order chi connectivity index (χ1) is 17.5. The predicted octanol–water partition coefficient (Wildman–Crippen LogP) is 5.99. The minimum atomic E-state index is -1.02. The minimum absolute atomic E-state index is 0.0460. The molecule has 37 heavy (non-hydrogen) atoms. The number of hydrogen-bond donors (Lipinski definition) is 2. The van der Waals surface area contributed by atoms with E-state index in [-0.39, 0.29) is 27.5 Å². The van der Waals surface area contributed by atoms with Gasteiger partial charge in [-0.1, -0.05) is 44.5 Å². The van der Waals surface area contributed by atoms with Gasteiger partial charge >= 0.3 is 0 Å². The lowest BCUT2D eigenvalue weighted by Crippen LogP contribution is -2.29. The molecular formula is C29H28ClNO6. The maximum Gasteiger partial charge on any atom is 0.300 e. The van der Waals surface area contributed by atoms with Gasteiger partial charge in [-0.2, -0.15) is 0 Å². The number of hydrogen-bond acceptors (Lipinski definition) is 6. The molecule has 7 nitrogen and oxygen atoms in total. The first kappa shape index (κ1) is 26.1. The Morgan fingerprint density at radius 2 is 1.62 bits per heavy atom. The molecule has 1 aliphatic heterocycles. The fraction of sp³-hybridized carbons (Fsp3) is 0.241. The van der Waals surface area contributed by atoms with E-state index in [2.05, 4.69) is 0 Å². The van der Waals surface area contributed by atoms with Gasteiger partial charge < -0.3 is 19.7 Å². The van der Waals surface area contributed by atoms with Gasteiger partial charge in [0.15, 0.2) is 0 Å². The normalized spacial score (nSPS) is 17.2. The van der Waals surface area contributed by atoms with Crippen molar-refractivity contribution in [3.63, 3.8) is 0 Å². The lowest BCUT2D eigenvalue weighted by atomic mass is 9.84. The van der Waals surface area contributed by atoms with Crippen molar-refractivity contribution in [2.24, 2.45) is 0 Å². The Morgan fingerprint density at radius 1 is 0.946 bits per heavy atom. The number of carbonyl (C=O) groups excluding carboxylic acids is 2. The molecule has 0 spiro atoms. The Bertz CT molecular complexity index is 1420. The van der Waals surface area contributed by atoms with Crippen molar-refractivity contribution in [2.75, 3.05) is 19.1 Å². The molecule has 2 N–H and O–H groups in total. The van der Waals surface area contributed by atoms with Crippen LogP contribution in [-0.4, -0.2) is 36.1 Å². The summed E-state index contributed by atoms with van der Waals surface area (Å²) in [4.78, 5) is 28.1. The van der Waals surface area contributed by atoms with E-state index in [4.69, 9.17) is 21.1 Å². The van der Waals surface area contributed by atoms with E-state index < -0.39 is 17.7 Å². The van der Waals surface area contributed by atoms with Crippen LogP contribution in [0.15, 0.2) is 66.2 Å². The summed E-state index contributed by atoms with van der Waals surface area (Å²) in [6.07, 6.45) is 0. The molecular weight excluding hydrogens is 494 g/mol. The number of phenols is 1. The van der Waals surface area contributed by atoms with Crippen molar-refractivity contribution in [3.05, 3.63) is 87.9 Å². The zero-order valence-electron chi connectivity index (χ0n) is 21.2. The molecule has 3 aromatic rings. The number of aliphatic hydroxyl groups excluding tert-OH is 1. The van der Waals surface area contributed by atoms with Crippen LogP contribution in [0.2, 0.25) is 5.02 Å². The molecule has 0 bridgehead atoms. The highest BCUT2D eigenvalue weighted by molar-refractivity contribution is 6.51. The van der Waals surface area contributed by atoms with Crippen LogP contribution < -0.4 is 14.4 Å². The molecule has 1 atom stereocenters. The molecule has 1 fully saturated rings. The van der Waals surface area contributed by atoms with Gasteiger partial charge in [0.05, 0.1) is 30.9 Å². The molecule has 1 aliphatic rings. The standard InChI is InChI=1S/C29H28ClNO6/c1-29(2,3)20-14-17(9-11-22(20)36-4)26(33)24-25(16-7-6-8-19(32)13-16)31(28(35)27(24)34)18-10-12-23(37-5)21(30)15-18/h6-15,25,32-33H,1-5H3/b26-24-. The third-order valence-electron chi connectivity index (χ3n) is 6.32. The number of rotatable bonds is 5. The zero-order valence-corrected chi connectivity index (χ0v) is 22.0. The minimum Gasteiger partial charge on any atom is -0.508 e. The van der Waals surface area contributed by atoms with Crippen LogP contribution in [0.1, 0.15) is 43.5 Å². The Labute approximate surface area is 220 Å². The first-order valence-corrected chi connectivity index (χ1v) is 12.0. The Hall–Kier alpha value is -3.97. The van der Waals surface area contributed by atoms with Crippen molar-refractivity contribution >= 4 is 34.7 Å². The van der Waals surface area contributed by atoms with E-state index in [1.54, 1.807) is 49.6 Å². The highest BCUT2D eigenvalue weighted by Gasteiger charge is 2.47. The summed E-state index contributed by atoms with van der Waals surface area (Å²) in [6, 6.07) is 15.0. The summed E-state index contributed by atoms with van der Waals surface area (Å²) in [6.45, 7) is 6.02. The lowest BCUT2D eigenvalue weighted by Gasteiger charge is -2.26. The number of anilines is 1. The molecule has 0 aromatic heterocycles. The summed E-state index contributed by atoms with van der Waals surface area (Å²) >= 11 is 6.33. The second kappa shape index (κ2) is 9.82. The van der Waals surface area contributed by atoms with E-state index in [1.807, 2.05) is 20.8 Å².